The van der Waals surface area contributed by atoms with Crippen molar-refractivity contribution in [2.45, 2.75) is 50.2 Å². The molecule has 0 radical (unpaired) electrons. The average Bonchev–Trinajstić information content (AvgIpc) is 2.78. The summed E-state index contributed by atoms with van der Waals surface area (Å²) in [6, 6.07) is 1.88. The van der Waals surface area contributed by atoms with Crippen LogP contribution < -0.4 is 5.06 Å². The van der Waals surface area contributed by atoms with Gasteiger partial charge in [-0.2, -0.15) is 17.5 Å². The van der Waals surface area contributed by atoms with Crippen LogP contribution in [0, 0.1) is 5.92 Å². The van der Waals surface area contributed by atoms with Crippen LogP contribution in [0.3, 0.4) is 0 Å². The van der Waals surface area contributed by atoms with Gasteiger partial charge >= 0.3 is 12.3 Å². The Morgan fingerprint density at radius 3 is 2.46 bits per heavy atom. The lowest BCUT2D eigenvalue weighted by molar-refractivity contribution is -0.137. The van der Waals surface area contributed by atoms with Gasteiger partial charge in [-0.1, -0.05) is 13.0 Å². The molecule has 2 fully saturated rings. The first-order chi connectivity index (χ1) is 16.3. The topological polar surface area (TPSA) is 90.4 Å². The summed E-state index contributed by atoms with van der Waals surface area (Å²) in [6.45, 7) is 4.42. The smallest absolute Gasteiger partial charge is 0.416 e. The second-order valence-electron chi connectivity index (χ2n) is 9.27. The summed E-state index contributed by atoms with van der Waals surface area (Å²) < 4.78 is 72.6. The molecule has 1 amide bonds. The molecule has 2 heterocycles. The SMILES string of the molecule is CC1=C2C(=CC(C)C1)COC(=O)N2C1CCN(S(=O)(=O)c2ccc(C(F)(F)F)cc2N(C)O)CC1. The van der Waals surface area contributed by atoms with E-state index in [1.807, 2.05) is 6.92 Å². The minimum Gasteiger partial charge on any atom is -0.444 e. The molecule has 192 valence electrons. The minimum atomic E-state index is -4.69. The molecule has 0 spiro atoms. The normalized spacial score (nSPS) is 22.6. The molecular weight excluding hydrogens is 487 g/mol. The van der Waals surface area contributed by atoms with Crippen LogP contribution in [-0.4, -0.2) is 61.7 Å². The highest BCUT2D eigenvalue weighted by atomic mass is 32.2. The maximum Gasteiger partial charge on any atom is 0.416 e. The monoisotopic (exact) mass is 515 g/mol. The number of ether oxygens (including phenoxy) is 1. The molecule has 1 unspecified atom stereocenters. The van der Waals surface area contributed by atoms with Crippen LogP contribution in [0.5, 0.6) is 0 Å². The lowest BCUT2D eigenvalue weighted by atomic mass is 9.87. The van der Waals surface area contributed by atoms with Gasteiger partial charge in [0.2, 0.25) is 10.0 Å². The van der Waals surface area contributed by atoms with Gasteiger partial charge in [0.1, 0.15) is 11.5 Å². The Balaban J connectivity index is 1.56. The number of allylic oxidation sites excluding steroid dienone is 2. The predicted octanol–water partition coefficient (Wildman–Crippen LogP) is 4.38. The minimum absolute atomic E-state index is 0.0637. The molecule has 12 heteroatoms. The number of benzene rings is 1. The fourth-order valence-corrected chi connectivity index (χ4v) is 6.75. The molecule has 2 aliphatic heterocycles. The molecule has 4 rings (SSSR count). The van der Waals surface area contributed by atoms with Gasteiger partial charge in [0.15, 0.2) is 0 Å². The fraction of sp³-hybridized carbons (Fsp3) is 0.522. The molecule has 1 atom stereocenters. The van der Waals surface area contributed by atoms with E-state index >= 15 is 0 Å². The maximum atomic E-state index is 13.3. The molecule has 35 heavy (non-hydrogen) atoms. The Kier molecular flexibility index (Phi) is 6.66. The summed E-state index contributed by atoms with van der Waals surface area (Å²) in [5.41, 5.74) is 1.36. The highest BCUT2D eigenvalue weighted by Gasteiger charge is 2.41. The molecule has 2 saturated heterocycles. The number of alkyl halides is 3. The summed E-state index contributed by atoms with van der Waals surface area (Å²) in [7, 11) is -3.14. The van der Waals surface area contributed by atoms with E-state index in [2.05, 4.69) is 13.0 Å². The molecule has 0 aromatic heterocycles. The third-order valence-corrected chi connectivity index (χ3v) is 8.60. The zero-order valence-electron chi connectivity index (χ0n) is 19.7. The predicted molar refractivity (Wildman–Crippen MR) is 121 cm³/mol. The van der Waals surface area contributed by atoms with Gasteiger partial charge in [0.25, 0.3) is 0 Å². The Hall–Kier alpha value is -2.57. The number of amides is 1. The molecular formula is C23H28F3N3O5S. The zero-order chi connectivity index (χ0) is 25.7. The molecule has 3 aliphatic rings. The highest BCUT2D eigenvalue weighted by molar-refractivity contribution is 7.89. The number of hydrogen-bond donors (Lipinski definition) is 1. The van der Waals surface area contributed by atoms with Crippen molar-refractivity contribution in [3.8, 4) is 0 Å². The lowest BCUT2D eigenvalue weighted by Gasteiger charge is -2.43. The van der Waals surface area contributed by atoms with Crippen LogP contribution >= 0.6 is 0 Å². The molecule has 1 aliphatic carbocycles. The van der Waals surface area contributed by atoms with Gasteiger partial charge < -0.3 is 4.74 Å². The van der Waals surface area contributed by atoms with Gasteiger partial charge in [-0.25, -0.2) is 13.2 Å². The number of nitrogens with zero attached hydrogens (tertiary/aromatic N) is 3. The standard InChI is InChI=1S/C23H28F3N3O5S/c1-14-10-15(2)21-16(11-14)13-34-22(30)29(21)18-6-8-28(9-7-18)35(32,33)20-5-4-17(23(24,25)26)12-19(20)27(3)31/h4-5,11-12,14,18,31H,6-10,13H2,1-3H3. The maximum absolute atomic E-state index is 13.3. The summed E-state index contributed by atoms with van der Waals surface area (Å²) in [5.74, 6) is 0.335. The Morgan fingerprint density at radius 1 is 1.20 bits per heavy atom. The highest BCUT2D eigenvalue weighted by Crippen LogP contribution is 2.39. The number of piperidine rings is 1. The van der Waals surface area contributed by atoms with Gasteiger partial charge in [-0.05, 0) is 55.9 Å². The van der Waals surface area contributed by atoms with Crippen LogP contribution in [0.2, 0.25) is 0 Å². The summed E-state index contributed by atoms with van der Waals surface area (Å²) >= 11 is 0. The largest absolute Gasteiger partial charge is 0.444 e. The molecule has 1 aromatic rings. The van der Waals surface area contributed by atoms with E-state index in [9.17, 15) is 31.6 Å². The van der Waals surface area contributed by atoms with E-state index in [1.165, 1.54) is 4.31 Å². The molecule has 1 aromatic carbocycles. The average molecular weight is 516 g/mol. The fourth-order valence-electron chi connectivity index (χ4n) is 5.09. The van der Waals surface area contributed by atoms with Gasteiger partial charge in [0, 0.05) is 31.8 Å². The Labute approximate surface area is 202 Å². The number of fused-ring (bicyclic) bond motifs is 1. The van der Waals surface area contributed by atoms with Crippen molar-refractivity contribution in [2.24, 2.45) is 5.92 Å². The van der Waals surface area contributed by atoms with Gasteiger partial charge in [-0.15, -0.1) is 0 Å². The van der Waals surface area contributed by atoms with Crippen molar-refractivity contribution in [1.82, 2.24) is 9.21 Å². The number of cyclic esters (lactones) is 1. The first-order valence-electron chi connectivity index (χ1n) is 11.3. The Morgan fingerprint density at radius 2 is 1.86 bits per heavy atom. The van der Waals surface area contributed by atoms with E-state index in [0.29, 0.717) is 36.0 Å². The first kappa shape index (κ1) is 25.5. The van der Waals surface area contributed by atoms with Crippen LogP contribution in [0.15, 0.2) is 46.0 Å². The molecule has 8 nitrogen and oxygen atoms in total. The van der Waals surface area contributed by atoms with E-state index < -0.39 is 38.4 Å². The van der Waals surface area contributed by atoms with Crippen molar-refractivity contribution >= 4 is 21.8 Å². The van der Waals surface area contributed by atoms with E-state index in [4.69, 9.17) is 4.74 Å². The summed E-state index contributed by atoms with van der Waals surface area (Å²) in [5, 5.41) is 10.2. The summed E-state index contributed by atoms with van der Waals surface area (Å²) in [4.78, 5) is 13.9. The van der Waals surface area contributed by atoms with Crippen molar-refractivity contribution in [2.75, 3.05) is 31.8 Å². The summed E-state index contributed by atoms with van der Waals surface area (Å²) in [6.07, 6.45) is -1.57. The number of rotatable bonds is 4. The van der Waals surface area contributed by atoms with Crippen LogP contribution in [0.4, 0.5) is 23.7 Å². The van der Waals surface area contributed by atoms with Crippen molar-refractivity contribution in [1.29, 1.82) is 0 Å². The van der Waals surface area contributed by atoms with E-state index in [-0.39, 0.29) is 25.7 Å². The van der Waals surface area contributed by atoms with Crippen molar-refractivity contribution < 1.29 is 36.3 Å². The lowest BCUT2D eigenvalue weighted by Crippen LogP contribution is -2.51. The second-order valence-corrected chi connectivity index (χ2v) is 11.2. The van der Waals surface area contributed by atoms with E-state index in [1.54, 1.807) is 4.90 Å². The second kappa shape index (κ2) is 9.14. The zero-order valence-corrected chi connectivity index (χ0v) is 20.5. The molecule has 0 saturated carbocycles. The number of halogens is 3. The number of carbonyl (C=O) groups excluding carboxylic acids is 1. The van der Waals surface area contributed by atoms with Gasteiger partial charge in [-0.3, -0.25) is 15.2 Å². The number of carbonyl (C=O) groups is 1. The van der Waals surface area contributed by atoms with Crippen LogP contribution in [-0.2, 0) is 20.9 Å². The first-order valence-corrected chi connectivity index (χ1v) is 12.8. The number of anilines is 1. The van der Waals surface area contributed by atoms with Crippen molar-refractivity contribution in [3.05, 3.63) is 46.7 Å². The number of hydrogen-bond acceptors (Lipinski definition) is 6. The Bertz CT molecular complexity index is 1190. The van der Waals surface area contributed by atoms with Crippen molar-refractivity contribution in [3.63, 3.8) is 0 Å². The van der Waals surface area contributed by atoms with Crippen LogP contribution in [0.1, 0.15) is 38.7 Å². The van der Waals surface area contributed by atoms with Crippen LogP contribution in [0.25, 0.3) is 0 Å². The quantitative estimate of drug-likeness (QED) is 0.599. The number of sulfonamides is 1. The third-order valence-electron chi connectivity index (χ3n) is 6.65. The van der Waals surface area contributed by atoms with Gasteiger partial charge in [0.05, 0.1) is 16.9 Å². The van der Waals surface area contributed by atoms with E-state index in [0.717, 1.165) is 36.4 Å². The molecule has 1 N–H and O–H groups in total. The molecule has 0 bridgehead atoms. The number of hydroxylamine groups is 1. The third kappa shape index (κ3) is 4.78.